The summed E-state index contributed by atoms with van der Waals surface area (Å²) in [4.78, 5) is 3.97. The molecule has 0 bridgehead atoms. The van der Waals surface area contributed by atoms with Crippen molar-refractivity contribution >= 4 is 0 Å². The van der Waals surface area contributed by atoms with Crippen molar-refractivity contribution in [2.45, 2.75) is 26.1 Å². The van der Waals surface area contributed by atoms with E-state index in [0.717, 1.165) is 11.3 Å². The molecule has 30 heavy (non-hydrogen) atoms. The molecule has 7 nitrogen and oxygen atoms in total. The Bertz CT molecular complexity index is 1090. The maximum absolute atomic E-state index is 14.8. The first-order chi connectivity index (χ1) is 14.6. The fraction of sp³-hybridized carbons (Fsp3) is 0.227. The number of nitrogens with one attached hydrogen (secondary N) is 1. The van der Waals surface area contributed by atoms with Gasteiger partial charge < -0.3 is 10.1 Å². The van der Waals surface area contributed by atoms with Gasteiger partial charge in [0.15, 0.2) is 0 Å². The van der Waals surface area contributed by atoms with Crippen molar-refractivity contribution < 1.29 is 9.13 Å². The molecule has 0 aliphatic rings. The Morgan fingerprint density at radius 3 is 2.70 bits per heavy atom. The van der Waals surface area contributed by atoms with E-state index in [1.165, 1.54) is 19.5 Å². The zero-order valence-corrected chi connectivity index (χ0v) is 16.9. The zero-order chi connectivity index (χ0) is 20.9. The van der Waals surface area contributed by atoms with Crippen molar-refractivity contribution in [2.75, 3.05) is 7.11 Å². The molecule has 154 valence electrons. The van der Waals surface area contributed by atoms with Gasteiger partial charge in [0.25, 0.3) is 0 Å². The number of para-hydroxylation sites is 1. The fourth-order valence-corrected chi connectivity index (χ4v) is 3.25. The predicted molar refractivity (Wildman–Crippen MR) is 112 cm³/mol. The van der Waals surface area contributed by atoms with E-state index in [0.29, 0.717) is 30.1 Å². The maximum Gasteiger partial charge on any atom is 0.137 e. The van der Waals surface area contributed by atoms with Crippen molar-refractivity contribution in [3.05, 3.63) is 78.8 Å². The standard InChI is InChI=1S/C22H23FN6O/c1-16(12-28-15-24-14-26-28)25-11-17-13-29(18-6-4-3-5-7-18)27-22(17)20-9-8-19(30-2)10-21(20)23/h3-10,13-16,25H,11-12H2,1-2H3/t16-/m1/s1. The molecule has 0 spiro atoms. The molecular formula is C22H23FN6O. The minimum atomic E-state index is -0.371. The van der Waals surface area contributed by atoms with Crippen LogP contribution in [-0.4, -0.2) is 37.7 Å². The van der Waals surface area contributed by atoms with Gasteiger partial charge >= 0.3 is 0 Å². The lowest BCUT2D eigenvalue weighted by Gasteiger charge is -2.13. The molecule has 0 saturated heterocycles. The average molecular weight is 406 g/mol. The lowest BCUT2D eigenvalue weighted by Crippen LogP contribution is -2.30. The summed E-state index contributed by atoms with van der Waals surface area (Å²) in [5.74, 6) is 0.101. The van der Waals surface area contributed by atoms with Crippen LogP contribution in [0.15, 0.2) is 67.4 Å². The Labute approximate surface area is 174 Å². The van der Waals surface area contributed by atoms with Gasteiger partial charge in [-0.15, -0.1) is 0 Å². The first-order valence-corrected chi connectivity index (χ1v) is 9.67. The molecule has 0 saturated carbocycles. The third-order valence-corrected chi connectivity index (χ3v) is 4.81. The molecule has 2 aromatic carbocycles. The van der Waals surface area contributed by atoms with Gasteiger partial charge in [-0.25, -0.2) is 14.1 Å². The summed E-state index contributed by atoms with van der Waals surface area (Å²) in [6.45, 7) is 3.28. The van der Waals surface area contributed by atoms with Crippen molar-refractivity contribution in [3.63, 3.8) is 0 Å². The quantitative estimate of drug-likeness (QED) is 0.485. The van der Waals surface area contributed by atoms with Crippen LogP contribution in [0.25, 0.3) is 16.9 Å². The number of nitrogens with zero attached hydrogens (tertiary/aromatic N) is 5. The second kappa shape index (κ2) is 8.87. The van der Waals surface area contributed by atoms with Gasteiger partial charge in [0.2, 0.25) is 0 Å². The number of rotatable bonds is 8. The van der Waals surface area contributed by atoms with E-state index in [2.05, 4.69) is 27.4 Å². The highest BCUT2D eigenvalue weighted by Crippen LogP contribution is 2.29. The van der Waals surface area contributed by atoms with Crippen molar-refractivity contribution in [1.29, 1.82) is 0 Å². The molecule has 4 rings (SSSR count). The maximum atomic E-state index is 14.8. The van der Waals surface area contributed by atoms with Gasteiger partial charge in [0, 0.05) is 36.0 Å². The summed E-state index contributed by atoms with van der Waals surface area (Å²) in [5, 5.41) is 12.3. The summed E-state index contributed by atoms with van der Waals surface area (Å²) in [6.07, 6.45) is 5.13. The van der Waals surface area contributed by atoms with Crippen LogP contribution in [0.2, 0.25) is 0 Å². The summed E-state index contributed by atoms with van der Waals surface area (Å²) in [5.41, 5.74) is 2.84. The predicted octanol–water partition coefficient (Wildman–Crippen LogP) is 3.46. The van der Waals surface area contributed by atoms with E-state index >= 15 is 0 Å². The van der Waals surface area contributed by atoms with E-state index in [-0.39, 0.29) is 11.9 Å². The Morgan fingerprint density at radius 1 is 1.17 bits per heavy atom. The first kappa shape index (κ1) is 19.8. The highest BCUT2D eigenvalue weighted by molar-refractivity contribution is 5.65. The van der Waals surface area contributed by atoms with Crippen LogP contribution in [0.4, 0.5) is 4.39 Å². The summed E-state index contributed by atoms with van der Waals surface area (Å²) in [7, 11) is 1.52. The molecule has 8 heteroatoms. The molecule has 1 atom stereocenters. The monoisotopic (exact) mass is 406 g/mol. The zero-order valence-electron chi connectivity index (χ0n) is 16.9. The normalized spacial score (nSPS) is 12.1. The van der Waals surface area contributed by atoms with Crippen LogP contribution < -0.4 is 10.1 Å². The average Bonchev–Trinajstić information content (AvgIpc) is 3.43. The second-order valence-electron chi connectivity index (χ2n) is 7.03. The van der Waals surface area contributed by atoms with Crippen molar-refractivity contribution in [3.8, 4) is 22.7 Å². The van der Waals surface area contributed by atoms with E-state index < -0.39 is 0 Å². The molecule has 0 amide bonds. The molecule has 0 fully saturated rings. The highest BCUT2D eigenvalue weighted by Gasteiger charge is 2.17. The Morgan fingerprint density at radius 2 is 2.00 bits per heavy atom. The molecular weight excluding hydrogens is 383 g/mol. The third-order valence-electron chi connectivity index (χ3n) is 4.81. The molecule has 2 heterocycles. The smallest absolute Gasteiger partial charge is 0.137 e. The number of halogens is 1. The Balaban J connectivity index is 1.63. The van der Waals surface area contributed by atoms with E-state index in [1.54, 1.807) is 27.8 Å². The highest BCUT2D eigenvalue weighted by atomic mass is 19.1. The lowest BCUT2D eigenvalue weighted by atomic mass is 10.1. The minimum Gasteiger partial charge on any atom is -0.497 e. The van der Waals surface area contributed by atoms with Gasteiger partial charge in [-0.2, -0.15) is 10.2 Å². The number of hydrogen-bond acceptors (Lipinski definition) is 5. The van der Waals surface area contributed by atoms with Crippen LogP contribution >= 0.6 is 0 Å². The van der Waals surface area contributed by atoms with Crippen LogP contribution in [0, 0.1) is 5.82 Å². The van der Waals surface area contributed by atoms with E-state index in [9.17, 15) is 4.39 Å². The Kier molecular flexibility index (Phi) is 5.85. The van der Waals surface area contributed by atoms with E-state index in [4.69, 9.17) is 4.74 Å². The number of aromatic nitrogens is 5. The molecule has 0 aliphatic carbocycles. The minimum absolute atomic E-state index is 0.139. The van der Waals surface area contributed by atoms with Crippen molar-refractivity contribution in [1.82, 2.24) is 29.9 Å². The number of ether oxygens (including phenoxy) is 1. The molecule has 4 aromatic rings. The number of methoxy groups -OCH3 is 1. The van der Waals surface area contributed by atoms with Gasteiger partial charge in [-0.05, 0) is 31.2 Å². The molecule has 0 radical (unpaired) electrons. The summed E-state index contributed by atoms with van der Waals surface area (Å²) < 4.78 is 23.5. The molecule has 2 aromatic heterocycles. The van der Waals surface area contributed by atoms with E-state index in [1.807, 2.05) is 36.5 Å². The van der Waals surface area contributed by atoms with Crippen LogP contribution in [-0.2, 0) is 13.1 Å². The topological polar surface area (TPSA) is 69.8 Å². The number of benzene rings is 2. The summed E-state index contributed by atoms with van der Waals surface area (Å²) in [6, 6.07) is 14.7. The number of hydrogen-bond donors (Lipinski definition) is 1. The third kappa shape index (κ3) is 4.38. The second-order valence-corrected chi connectivity index (χ2v) is 7.03. The molecule has 1 N–H and O–H groups in total. The fourth-order valence-electron chi connectivity index (χ4n) is 3.25. The molecule has 0 unspecified atom stereocenters. The van der Waals surface area contributed by atoms with Gasteiger partial charge in [0.1, 0.15) is 29.9 Å². The van der Waals surface area contributed by atoms with Crippen LogP contribution in [0.5, 0.6) is 5.75 Å². The van der Waals surface area contributed by atoms with Gasteiger partial charge in [0.05, 0.1) is 19.3 Å². The largest absolute Gasteiger partial charge is 0.497 e. The Hall–Kier alpha value is -3.52. The summed E-state index contributed by atoms with van der Waals surface area (Å²) >= 11 is 0. The van der Waals surface area contributed by atoms with Gasteiger partial charge in [-0.3, -0.25) is 4.68 Å². The van der Waals surface area contributed by atoms with Crippen LogP contribution in [0.1, 0.15) is 12.5 Å². The SMILES string of the molecule is COc1ccc(-c2nn(-c3ccccc3)cc2CN[C@H](C)Cn2cncn2)c(F)c1. The molecule has 0 aliphatic heterocycles. The first-order valence-electron chi connectivity index (χ1n) is 9.67. The van der Waals surface area contributed by atoms with Crippen LogP contribution in [0.3, 0.4) is 0 Å². The lowest BCUT2D eigenvalue weighted by molar-refractivity contribution is 0.411. The van der Waals surface area contributed by atoms with Crippen molar-refractivity contribution in [2.24, 2.45) is 0 Å². The van der Waals surface area contributed by atoms with Gasteiger partial charge in [-0.1, -0.05) is 18.2 Å².